The third-order valence-electron chi connectivity index (χ3n) is 4.35. The lowest BCUT2D eigenvalue weighted by atomic mass is 10.0. The van der Waals surface area contributed by atoms with Gasteiger partial charge in [-0.1, -0.05) is 16.8 Å². The van der Waals surface area contributed by atoms with Crippen LogP contribution in [-0.2, 0) is 0 Å². The lowest BCUT2D eigenvalue weighted by molar-refractivity contribution is 0.0692. The lowest BCUT2D eigenvalue weighted by Gasteiger charge is -2.32. The van der Waals surface area contributed by atoms with Crippen LogP contribution in [0.5, 0.6) is 5.75 Å². The van der Waals surface area contributed by atoms with Crippen LogP contribution >= 0.6 is 0 Å². The third kappa shape index (κ3) is 3.81. The summed E-state index contributed by atoms with van der Waals surface area (Å²) in [6.07, 6.45) is 1.30. The number of nitrogens with one attached hydrogen (secondary N) is 1. The molecule has 0 spiro atoms. The number of carbonyl (C=O) groups is 2. The number of phenolic OH excluding ortho intramolecular Hbond substituents is 1. The molecule has 7 nitrogen and oxygen atoms in total. The summed E-state index contributed by atoms with van der Waals surface area (Å²) in [5.74, 6) is -0.286. The summed E-state index contributed by atoms with van der Waals surface area (Å²) in [7, 11) is 0. The van der Waals surface area contributed by atoms with Gasteiger partial charge in [-0.15, -0.1) is 0 Å². The van der Waals surface area contributed by atoms with Crippen molar-refractivity contribution in [2.75, 3.05) is 13.1 Å². The Morgan fingerprint density at radius 3 is 2.60 bits per heavy atom. The zero-order valence-electron chi connectivity index (χ0n) is 14.3. The fourth-order valence-corrected chi connectivity index (χ4v) is 2.95. The molecule has 0 aliphatic carbocycles. The Labute approximate surface area is 145 Å². The highest BCUT2D eigenvalue weighted by molar-refractivity contribution is 5.97. The quantitative estimate of drug-likeness (QED) is 0.889. The van der Waals surface area contributed by atoms with Crippen LogP contribution in [0.3, 0.4) is 0 Å². The highest BCUT2D eigenvalue weighted by atomic mass is 16.5. The summed E-state index contributed by atoms with van der Waals surface area (Å²) >= 11 is 0. The third-order valence-corrected chi connectivity index (χ3v) is 4.35. The average Bonchev–Trinajstić information content (AvgIpc) is 3.04. The number of likely N-dealkylation sites (tertiary alicyclic amines) is 1. The van der Waals surface area contributed by atoms with Gasteiger partial charge in [0.1, 0.15) is 5.75 Å². The van der Waals surface area contributed by atoms with Crippen LogP contribution in [0.1, 0.15) is 45.0 Å². The summed E-state index contributed by atoms with van der Waals surface area (Å²) in [6, 6.07) is 6.56. The van der Waals surface area contributed by atoms with Gasteiger partial charge < -0.3 is 19.8 Å². The van der Waals surface area contributed by atoms with Gasteiger partial charge in [0, 0.05) is 25.2 Å². The number of amides is 2. The second-order valence-corrected chi connectivity index (χ2v) is 6.39. The van der Waals surface area contributed by atoms with E-state index >= 15 is 0 Å². The van der Waals surface area contributed by atoms with E-state index in [9.17, 15) is 14.7 Å². The van der Waals surface area contributed by atoms with Gasteiger partial charge in [0.25, 0.3) is 11.8 Å². The van der Waals surface area contributed by atoms with Crippen LogP contribution in [-0.4, -0.2) is 46.1 Å². The Morgan fingerprint density at radius 1 is 1.24 bits per heavy atom. The van der Waals surface area contributed by atoms with E-state index in [2.05, 4.69) is 10.5 Å². The molecule has 1 aromatic carbocycles. The number of aryl methyl sites for hydroxylation is 2. The molecule has 0 radical (unpaired) electrons. The normalized spacial score (nSPS) is 15.2. The molecule has 1 fully saturated rings. The molecule has 2 heterocycles. The smallest absolute Gasteiger partial charge is 0.290 e. The van der Waals surface area contributed by atoms with E-state index in [1.54, 1.807) is 30.0 Å². The minimum absolute atomic E-state index is 0.00767. The molecule has 1 aliphatic rings. The number of carbonyl (C=O) groups excluding carboxylic acids is 2. The van der Waals surface area contributed by atoms with Crippen molar-refractivity contribution >= 4 is 11.8 Å². The molecule has 2 amide bonds. The number of nitrogens with zero attached hydrogens (tertiary/aromatic N) is 2. The average molecular weight is 343 g/mol. The number of benzene rings is 1. The first-order valence-corrected chi connectivity index (χ1v) is 8.27. The summed E-state index contributed by atoms with van der Waals surface area (Å²) in [4.78, 5) is 26.4. The Morgan fingerprint density at radius 2 is 1.96 bits per heavy atom. The van der Waals surface area contributed by atoms with Crippen molar-refractivity contribution in [1.82, 2.24) is 15.4 Å². The van der Waals surface area contributed by atoms with E-state index in [4.69, 9.17) is 4.52 Å². The van der Waals surface area contributed by atoms with Gasteiger partial charge in [0.15, 0.2) is 0 Å². The monoisotopic (exact) mass is 343 g/mol. The van der Waals surface area contributed by atoms with Crippen molar-refractivity contribution in [3.05, 3.63) is 46.8 Å². The van der Waals surface area contributed by atoms with E-state index in [-0.39, 0.29) is 29.4 Å². The molecular weight excluding hydrogens is 322 g/mol. The van der Waals surface area contributed by atoms with Crippen LogP contribution in [0.4, 0.5) is 0 Å². The minimum atomic E-state index is -0.290. The zero-order chi connectivity index (χ0) is 18.0. The zero-order valence-corrected chi connectivity index (χ0v) is 14.3. The highest BCUT2D eigenvalue weighted by Crippen LogP contribution is 2.22. The Kier molecular flexibility index (Phi) is 4.74. The van der Waals surface area contributed by atoms with Crippen molar-refractivity contribution < 1.29 is 19.2 Å². The number of aromatic hydroxyl groups is 1. The number of hydrogen-bond donors (Lipinski definition) is 2. The SMILES string of the molecule is Cc1ccc(O)c(C(=O)N2CCC(NC(=O)c3cc(C)no3)CC2)c1. The maximum Gasteiger partial charge on any atom is 0.290 e. The molecule has 3 rings (SSSR count). The minimum Gasteiger partial charge on any atom is -0.507 e. The van der Waals surface area contributed by atoms with E-state index in [1.165, 1.54) is 6.07 Å². The molecule has 132 valence electrons. The van der Waals surface area contributed by atoms with E-state index in [0.717, 1.165) is 5.56 Å². The second-order valence-electron chi connectivity index (χ2n) is 6.39. The van der Waals surface area contributed by atoms with E-state index in [1.807, 2.05) is 6.92 Å². The number of phenols is 1. The summed E-state index contributed by atoms with van der Waals surface area (Å²) in [5, 5.41) is 16.5. The summed E-state index contributed by atoms with van der Waals surface area (Å²) < 4.78 is 4.95. The van der Waals surface area contributed by atoms with Gasteiger partial charge in [0.05, 0.1) is 11.3 Å². The molecular formula is C18H21N3O4. The Bertz CT molecular complexity index is 791. The Balaban J connectivity index is 1.57. The van der Waals surface area contributed by atoms with Crippen molar-refractivity contribution in [2.45, 2.75) is 32.7 Å². The number of rotatable bonds is 3. The molecule has 0 saturated carbocycles. The maximum absolute atomic E-state index is 12.6. The predicted octanol–water partition coefficient (Wildman–Crippen LogP) is 2.03. The van der Waals surface area contributed by atoms with Crippen molar-refractivity contribution in [3.8, 4) is 5.75 Å². The van der Waals surface area contributed by atoms with E-state index in [0.29, 0.717) is 37.2 Å². The molecule has 7 heteroatoms. The standard InChI is InChI=1S/C18H21N3O4/c1-11-3-4-15(22)14(9-11)18(24)21-7-5-13(6-8-21)19-17(23)16-10-12(2)20-25-16/h3-4,9-10,13,22H,5-8H2,1-2H3,(H,19,23). The van der Waals surface area contributed by atoms with E-state index < -0.39 is 0 Å². The van der Waals surface area contributed by atoms with Crippen LogP contribution in [0, 0.1) is 13.8 Å². The predicted molar refractivity (Wildman–Crippen MR) is 90.5 cm³/mol. The molecule has 0 atom stereocenters. The first-order valence-electron chi connectivity index (χ1n) is 8.27. The number of aromatic nitrogens is 1. The van der Waals surface area contributed by atoms with Crippen LogP contribution in [0.15, 0.2) is 28.8 Å². The van der Waals surface area contributed by atoms with Crippen molar-refractivity contribution in [1.29, 1.82) is 0 Å². The molecule has 0 bridgehead atoms. The summed E-state index contributed by atoms with van der Waals surface area (Å²) in [5.41, 5.74) is 1.90. The van der Waals surface area contributed by atoms with Crippen LogP contribution in [0.25, 0.3) is 0 Å². The molecule has 1 saturated heterocycles. The summed E-state index contributed by atoms with van der Waals surface area (Å²) in [6.45, 7) is 4.67. The van der Waals surface area contributed by atoms with Gasteiger partial charge >= 0.3 is 0 Å². The fraction of sp³-hybridized carbons (Fsp3) is 0.389. The van der Waals surface area contributed by atoms with Gasteiger partial charge in [-0.05, 0) is 38.8 Å². The maximum atomic E-state index is 12.6. The van der Waals surface area contributed by atoms with Gasteiger partial charge in [-0.2, -0.15) is 0 Å². The first kappa shape index (κ1) is 17.0. The molecule has 25 heavy (non-hydrogen) atoms. The lowest BCUT2D eigenvalue weighted by Crippen LogP contribution is -2.46. The van der Waals surface area contributed by atoms with Gasteiger partial charge in [-0.25, -0.2) is 0 Å². The molecule has 2 N–H and O–H groups in total. The van der Waals surface area contributed by atoms with Crippen molar-refractivity contribution in [2.24, 2.45) is 0 Å². The Hall–Kier alpha value is -2.83. The second kappa shape index (κ2) is 6.96. The molecule has 1 aromatic heterocycles. The number of piperidine rings is 1. The number of hydrogen-bond acceptors (Lipinski definition) is 5. The molecule has 1 aliphatic heterocycles. The molecule has 2 aromatic rings. The van der Waals surface area contributed by atoms with Crippen molar-refractivity contribution in [3.63, 3.8) is 0 Å². The molecule has 0 unspecified atom stereocenters. The topological polar surface area (TPSA) is 95.7 Å². The fourth-order valence-electron chi connectivity index (χ4n) is 2.95. The van der Waals surface area contributed by atoms with Gasteiger partial charge in [-0.3, -0.25) is 9.59 Å². The van der Waals surface area contributed by atoms with Gasteiger partial charge in [0.2, 0.25) is 5.76 Å². The largest absolute Gasteiger partial charge is 0.507 e. The highest BCUT2D eigenvalue weighted by Gasteiger charge is 2.27. The van der Waals surface area contributed by atoms with Crippen LogP contribution < -0.4 is 5.32 Å². The van der Waals surface area contributed by atoms with Crippen LogP contribution in [0.2, 0.25) is 0 Å². The first-order chi connectivity index (χ1) is 11.9.